The van der Waals surface area contributed by atoms with E-state index in [1.807, 2.05) is 0 Å². The van der Waals surface area contributed by atoms with E-state index in [1.54, 1.807) is 0 Å². The Bertz CT molecular complexity index is 174. The Morgan fingerprint density at radius 3 is 2.50 bits per heavy atom. The van der Waals surface area contributed by atoms with Crippen LogP contribution in [-0.4, -0.2) is 12.1 Å². The Morgan fingerprint density at radius 1 is 1.14 bits per heavy atom. The molecule has 0 saturated heterocycles. The van der Waals surface area contributed by atoms with Crippen LogP contribution in [0.3, 0.4) is 0 Å². The Hall–Kier alpha value is -0.0400. The lowest BCUT2D eigenvalue weighted by atomic mass is 9.82. The second-order valence-electron chi connectivity index (χ2n) is 5.35. The molecule has 2 rings (SSSR count). The molecule has 82 valence electrons. The molecular weight excluding hydrogens is 170 g/mol. The molecule has 2 fully saturated rings. The smallest absolute Gasteiger partial charge is 0.00978 e. The summed E-state index contributed by atoms with van der Waals surface area (Å²) in [6, 6.07) is 1.62. The highest BCUT2D eigenvalue weighted by Crippen LogP contribution is 2.34. The monoisotopic (exact) mass is 195 g/mol. The largest absolute Gasteiger partial charge is 0.311 e. The van der Waals surface area contributed by atoms with Crippen LogP contribution < -0.4 is 5.32 Å². The average Bonchev–Trinajstić information content (AvgIpc) is 3.02. The summed E-state index contributed by atoms with van der Waals surface area (Å²) in [5.41, 5.74) is 0. The molecule has 2 saturated carbocycles. The highest BCUT2D eigenvalue weighted by atomic mass is 15.0. The second kappa shape index (κ2) is 4.65. The van der Waals surface area contributed by atoms with Gasteiger partial charge in [-0.25, -0.2) is 0 Å². The summed E-state index contributed by atoms with van der Waals surface area (Å²) in [5, 5.41) is 3.88. The number of rotatable bonds is 4. The van der Waals surface area contributed by atoms with E-state index < -0.39 is 0 Å². The van der Waals surface area contributed by atoms with Gasteiger partial charge in [-0.1, -0.05) is 26.2 Å². The summed E-state index contributed by atoms with van der Waals surface area (Å²) >= 11 is 0. The molecule has 0 aromatic heterocycles. The van der Waals surface area contributed by atoms with Gasteiger partial charge in [-0.05, 0) is 44.4 Å². The van der Waals surface area contributed by atoms with Gasteiger partial charge in [-0.3, -0.25) is 0 Å². The summed E-state index contributed by atoms with van der Waals surface area (Å²) in [7, 11) is 0. The van der Waals surface area contributed by atoms with E-state index in [0.29, 0.717) is 0 Å². The van der Waals surface area contributed by atoms with Gasteiger partial charge in [0.15, 0.2) is 0 Å². The van der Waals surface area contributed by atoms with Crippen molar-refractivity contribution in [2.24, 2.45) is 11.8 Å². The van der Waals surface area contributed by atoms with E-state index in [9.17, 15) is 0 Å². The first-order chi connectivity index (χ1) is 6.81. The van der Waals surface area contributed by atoms with E-state index in [1.165, 1.54) is 44.9 Å². The van der Waals surface area contributed by atoms with Crippen molar-refractivity contribution in [2.75, 3.05) is 0 Å². The normalized spacial score (nSPS) is 35.6. The quantitative estimate of drug-likeness (QED) is 0.725. The molecule has 14 heavy (non-hydrogen) atoms. The maximum atomic E-state index is 3.88. The van der Waals surface area contributed by atoms with Crippen LogP contribution in [0.2, 0.25) is 0 Å². The third-order valence-corrected chi connectivity index (χ3v) is 4.24. The van der Waals surface area contributed by atoms with Crippen LogP contribution in [0.25, 0.3) is 0 Å². The summed E-state index contributed by atoms with van der Waals surface area (Å²) in [4.78, 5) is 0. The van der Waals surface area contributed by atoms with E-state index >= 15 is 0 Å². The van der Waals surface area contributed by atoms with Crippen molar-refractivity contribution in [1.29, 1.82) is 0 Å². The lowest BCUT2D eigenvalue weighted by Crippen LogP contribution is -2.43. The number of hydrogen-bond donors (Lipinski definition) is 1. The van der Waals surface area contributed by atoms with Gasteiger partial charge < -0.3 is 5.32 Å². The predicted octanol–water partition coefficient (Wildman–Crippen LogP) is 3.34. The molecule has 0 aromatic carbocycles. The Labute approximate surface area is 88.7 Å². The molecule has 0 radical (unpaired) electrons. The lowest BCUT2D eigenvalue weighted by molar-refractivity contribution is 0.233. The minimum Gasteiger partial charge on any atom is -0.311 e. The first-order valence-corrected chi connectivity index (χ1v) is 6.57. The Balaban J connectivity index is 1.80. The van der Waals surface area contributed by atoms with Crippen LogP contribution in [0.1, 0.15) is 58.8 Å². The molecule has 1 heteroatoms. The van der Waals surface area contributed by atoms with Gasteiger partial charge in [0, 0.05) is 12.1 Å². The van der Waals surface area contributed by atoms with E-state index in [2.05, 4.69) is 19.2 Å². The molecule has 0 aromatic rings. The van der Waals surface area contributed by atoms with E-state index in [4.69, 9.17) is 0 Å². The fourth-order valence-electron chi connectivity index (χ4n) is 2.99. The molecule has 0 heterocycles. The molecule has 3 unspecified atom stereocenters. The number of nitrogens with one attached hydrogen (secondary N) is 1. The van der Waals surface area contributed by atoms with Crippen molar-refractivity contribution in [2.45, 2.75) is 70.9 Å². The highest BCUT2D eigenvalue weighted by molar-refractivity contribution is 4.88. The van der Waals surface area contributed by atoms with Crippen molar-refractivity contribution in [3.63, 3.8) is 0 Å². The maximum absolute atomic E-state index is 3.88. The molecule has 3 atom stereocenters. The fourth-order valence-corrected chi connectivity index (χ4v) is 2.99. The number of hydrogen-bond acceptors (Lipinski definition) is 1. The second-order valence-corrected chi connectivity index (χ2v) is 5.35. The Morgan fingerprint density at radius 2 is 1.86 bits per heavy atom. The van der Waals surface area contributed by atoms with Crippen LogP contribution in [0, 0.1) is 11.8 Å². The third-order valence-electron chi connectivity index (χ3n) is 4.24. The standard InChI is InChI=1S/C13H25N/c1-3-11-6-4-5-7-13(11)14-10(2)12-8-9-12/h10-14H,3-9H2,1-2H3. The summed E-state index contributed by atoms with van der Waals surface area (Å²) < 4.78 is 0. The van der Waals surface area contributed by atoms with Gasteiger partial charge >= 0.3 is 0 Å². The summed E-state index contributed by atoms with van der Waals surface area (Å²) in [5.74, 6) is 1.97. The van der Waals surface area contributed by atoms with Gasteiger partial charge in [0.1, 0.15) is 0 Å². The van der Waals surface area contributed by atoms with Crippen LogP contribution in [-0.2, 0) is 0 Å². The minimum absolute atomic E-state index is 0.784. The first kappa shape index (κ1) is 10.5. The van der Waals surface area contributed by atoms with Gasteiger partial charge in [0.05, 0.1) is 0 Å². The van der Waals surface area contributed by atoms with Gasteiger partial charge in [-0.15, -0.1) is 0 Å². The Kier molecular flexibility index (Phi) is 3.48. The van der Waals surface area contributed by atoms with Gasteiger partial charge in [0.2, 0.25) is 0 Å². The molecule has 0 amide bonds. The van der Waals surface area contributed by atoms with Crippen molar-refractivity contribution in [1.82, 2.24) is 5.32 Å². The molecule has 2 aliphatic rings. The van der Waals surface area contributed by atoms with Crippen molar-refractivity contribution < 1.29 is 0 Å². The van der Waals surface area contributed by atoms with Gasteiger partial charge in [0.25, 0.3) is 0 Å². The average molecular weight is 195 g/mol. The molecule has 1 N–H and O–H groups in total. The fraction of sp³-hybridized carbons (Fsp3) is 1.00. The molecule has 0 spiro atoms. The van der Waals surface area contributed by atoms with Crippen LogP contribution >= 0.6 is 0 Å². The SMILES string of the molecule is CCC1CCCCC1NC(C)C1CC1. The minimum atomic E-state index is 0.784. The predicted molar refractivity (Wildman–Crippen MR) is 61.4 cm³/mol. The van der Waals surface area contributed by atoms with Crippen molar-refractivity contribution in [3.8, 4) is 0 Å². The summed E-state index contributed by atoms with van der Waals surface area (Å²) in [6.45, 7) is 4.74. The van der Waals surface area contributed by atoms with Crippen LogP contribution in [0.15, 0.2) is 0 Å². The van der Waals surface area contributed by atoms with E-state index in [-0.39, 0.29) is 0 Å². The molecule has 0 aliphatic heterocycles. The summed E-state index contributed by atoms with van der Waals surface area (Å²) in [6.07, 6.45) is 10.1. The van der Waals surface area contributed by atoms with Crippen molar-refractivity contribution >= 4 is 0 Å². The van der Waals surface area contributed by atoms with Gasteiger partial charge in [-0.2, -0.15) is 0 Å². The van der Waals surface area contributed by atoms with Crippen LogP contribution in [0.4, 0.5) is 0 Å². The van der Waals surface area contributed by atoms with Crippen molar-refractivity contribution in [3.05, 3.63) is 0 Å². The molecule has 0 bridgehead atoms. The lowest BCUT2D eigenvalue weighted by Gasteiger charge is -2.34. The topological polar surface area (TPSA) is 12.0 Å². The maximum Gasteiger partial charge on any atom is 0.00978 e. The molecule has 1 nitrogen and oxygen atoms in total. The zero-order valence-electron chi connectivity index (χ0n) is 9.76. The third kappa shape index (κ3) is 2.50. The van der Waals surface area contributed by atoms with E-state index in [0.717, 1.165) is 23.9 Å². The molecule has 2 aliphatic carbocycles. The zero-order valence-corrected chi connectivity index (χ0v) is 9.76. The molecular formula is C13H25N. The first-order valence-electron chi connectivity index (χ1n) is 6.57. The van der Waals surface area contributed by atoms with Crippen LogP contribution in [0.5, 0.6) is 0 Å². The zero-order chi connectivity index (χ0) is 9.97. The highest BCUT2D eigenvalue weighted by Gasteiger charge is 2.31.